The van der Waals surface area contributed by atoms with Gasteiger partial charge in [-0.15, -0.1) is 5.10 Å². The van der Waals surface area contributed by atoms with Crippen LogP contribution in [0.25, 0.3) is 0 Å². The zero-order chi connectivity index (χ0) is 13.7. The molecule has 0 saturated heterocycles. The maximum absolute atomic E-state index is 5.04. The fourth-order valence-corrected chi connectivity index (χ4v) is 2.22. The molecule has 2 aromatic rings. The number of rotatable bonds is 6. The van der Waals surface area contributed by atoms with Gasteiger partial charge in [0.25, 0.3) is 0 Å². The zero-order valence-corrected chi connectivity index (χ0v) is 12.1. The molecule has 0 saturated carbocycles. The molecule has 0 fully saturated rings. The molecule has 0 aliphatic heterocycles. The van der Waals surface area contributed by atoms with Gasteiger partial charge in [-0.3, -0.25) is 0 Å². The molecule has 0 radical (unpaired) electrons. The van der Waals surface area contributed by atoms with Gasteiger partial charge in [-0.1, -0.05) is 16.9 Å². The van der Waals surface area contributed by atoms with Gasteiger partial charge in [-0.05, 0) is 31.2 Å². The second-order valence-electron chi connectivity index (χ2n) is 5.13. The minimum absolute atomic E-state index is 0.0984. The van der Waals surface area contributed by atoms with E-state index in [-0.39, 0.29) is 5.54 Å². The van der Waals surface area contributed by atoms with Crippen LogP contribution in [0.3, 0.4) is 0 Å². The summed E-state index contributed by atoms with van der Waals surface area (Å²) in [6, 6.07) is 1.84. The van der Waals surface area contributed by atoms with E-state index < -0.39 is 0 Å². The number of tetrazole rings is 1. The summed E-state index contributed by atoms with van der Waals surface area (Å²) in [6.07, 6.45) is 1.63. The summed E-state index contributed by atoms with van der Waals surface area (Å²) in [4.78, 5) is 0. The third-order valence-corrected chi connectivity index (χ3v) is 3.29. The van der Waals surface area contributed by atoms with Gasteiger partial charge in [-0.25, -0.2) is 4.68 Å². The van der Waals surface area contributed by atoms with Crippen molar-refractivity contribution in [3.63, 3.8) is 0 Å². The van der Waals surface area contributed by atoms with Crippen LogP contribution in [0, 0.1) is 0 Å². The van der Waals surface area contributed by atoms with Crippen LogP contribution in [0.2, 0.25) is 0 Å². The van der Waals surface area contributed by atoms with Crippen LogP contribution < -0.4 is 5.32 Å². The van der Waals surface area contributed by atoms with E-state index in [0.717, 1.165) is 24.0 Å². The fourth-order valence-electron chi connectivity index (χ4n) is 1.43. The van der Waals surface area contributed by atoms with Gasteiger partial charge in [-0.2, -0.15) is 0 Å². The van der Waals surface area contributed by atoms with Gasteiger partial charge in [0.2, 0.25) is 5.16 Å². The van der Waals surface area contributed by atoms with Gasteiger partial charge >= 0.3 is 0 Å². The lowest BCUT2D eigenvalue weighted by atomic mass is 10.1. The summed E-state index contributed by atoms with van der Waals surface area (Å²) in [5, 5.41) is 19.5. The predicted molar refractivity (Wildman–Crippen MR) is 71.6 cm³/mol. The van der Waals surface area contributed by atoms with Crippen LogP contribution in [0.4, 0.5) is 0 Å². The average Bonchev–Trinajstić information content (AvgIpc) is 2.95. The highest BCUT2D eigenvalue weighted by molar-refractivity contribution is 7.98. The van der Waals surface area contributed by atoms with Gasteiger partial charge in [0.05, 0.1) is 18.5 Å². The van der Waals surface area contributed by atoms with Gasteiger partial charge in [0.15, 0.2) is 0 Å². The topological polar surface area (TPSA) is 81.7 Å². The molecular weight excluding hydrogens is 264 g/mol. The van der Waals surface area contributed by atoms with E-state index in [1.165, 1.54) is 11.8 Å². The second-order valence-corrected chi connectivity index (χ2v) is 6.07. The molecular formula is C11H18N6OS. The van der Waals surface area contributed by atoms with Crippen LogP contribution in [-0.2, 0) is 12.3 Å². The Bertz CT molecular complexity index is 490. The molecule has 0 atom stereocenters. The number of hydrogen-bond donors (Lipinski definition) is 1. The van der Waals surface area contributed by atoms with Crippen molar-refractivity contribution in [1.82, 2.24) is 30.7 Å². The van der Waals surface area contributed by atoms with E-state index in [9.17, 15) is 0 Å². The first kappa shape index (κ1) is 14.0. The van der Waals surface area contributed by atoms with Crippen molar-refractivity contribution in [2.24, 2.45) is 0 Å². The Morgan fingerprint density at radius 2 is 2.26 bits per heavy atom. The maximum Gasteiger partial charge on any atom is 0.209 e. The SMILES string of the molecule is CC(C)(C)NCCn1nnnc1SCc1ccno1. The number of nitrogens with one attached hydrogen (secondary N) is 1. The van der Waals surface area contributed by atoms with Crippen molar-refractivity contribution in [1.29, 1.82) is 0 Å². The maximum atomic E-state index is 5.04. The summed E-state index contributed by atoms with van der Waals surface area (Å²) in [5.41, 5.74) is 0.0984. The normalized spacial score (nSPS) is 11.9. The van der Waals surface area contributed by atoms with Crippen LogP contribution in [0.5, 0.6) is 0 Å². The Morgan fingerprint density at radius 1 is 1.42 bits per heavy atom. The first-order chi connectivity index (χ1) is 9.04. The van der Waals surface area contributed by atoms with Crippen LogP contribution >= 0.6 is 11.8 Å². The lowest BCUT2D eigenvalue weighted by Gasteiger charge is -2.20. The molecule has 0 unspecified atom stereocenters. The standard InChI is InChI=1S/C11H18N6OS/c1-11(2,3)12-6-7-17-10(14-15-16-17)19-8-9-4-5-13-18-9/h4-5,12H,6-8H2,1-3H3. The Labute approximate surface area is 116 Å². The molecule has 19 heavy (non-hydrogen) atoms. The van der Waals surface area contributed by atoms with Gasteiger partial charge in [0, 0.05) is 18.2 Å². The number of nitrogens with zero attached hydrogens (tertiary/aromatic N) is 5. The van der Waals surface area contributed by atoms with Crippen molar-refractivity contribution < 1.29 is 4.52 Å². The molecule has 0 aromatic carbocycles. The Morgan fingerprint density at radius 3 is 2.95 bits per heavy atom. The molecule has 2 rings (SSSR count). The van der Waals surface area contributed by atoms with E-state index in [1.807, 2.05) is 6.07 Å². The van der Waals surface area contributed by atoms with Gasteiger partial charge < -0.3 is 9.84 Å². The third kappa shape index (κ3) is 4.64. The van der Waals surface area contributed by atoms with E-state index in [4.69, 9.17) is 4.52 Å². The minimum Gasteiger partial charge on any atom is -0.361 e. The smallest absolute Gasteiger partial charge is 0.209 e. The number of thioether (sulfide) groups is 1. The zero-order valence-electron chi connectivity index (χ0n) is 11.3. The second kappa shape index (κ2) is 6.16. The van der Waals surface area contributed by atoms with E-state index in [0.29, 0.717) is 5.75 Å². The highest BCUT2D eigenvalue weighted by atomic mass is 32.2. The van der Waals surface area contributed by atoms with Crippen molar-refractivity contribution in [2.75, 3.05) is 6.54 Å². The molecule has 7 nitrogen and oxygen atoms in total. The van der Waals surface area contributed by atoms with Crippen LogP contribution in [0.15, 0.2) is 21.9 Å². The highest BCUT2D eigenvalue weighted by Gasteiger charge is 2.11. The summed E-state index contributed by atoms with van der Waals surface area (Å²) < 4.78 is 6.83. The molecule has 8 heteroatoms. The Kier molecular flexibility index (Phi) is 4.54. The molecule has 0 aliphatic carbocycles. The molecule has 0 amide bonds. The van der Waals surface area contributed by atoms with E-state index >= 15 is 0 Å². The van der Waals surface area contributed by atoms with Gasteiger partial charge in [0.1, 0.15) is 5.76 Å². The lowest BCUT2D eigenvalue weighted by Crippen LogP contribution is -2.38. The lowest BCUT2D eigenvalue weighted by molar-refractivity contribution is 0.393. The minimum atomic E-state index is 0.0984. The van der Waals surface area contributed by atoms with Crippen molar-refractivity contribution >= 4 is 11.8 Å². The summed E-state index contributed by atoms with van der Waals surface area (Å²) in [7, 11) is 0. The van der Waals surface area contributed by atoms with Crippen molar-refractivity contribution in [3.05, 3.63) is 18.0 Å². The highest BCUT2D eigenvalue weighted by Crippen LogP contribution is 2.19. The predicted octanol–water partition coefficient (Wildman–Crippen LogP) is 1.34. The molecule has 1 N–H and O–H groups in total. The van der Waals surface area contributed by atoms with Crippen LogP contribution in [0.1, 0.15) is 26.5 Å². The average molecular weight is 282 g/mol. The largest absolute Gasteiger partial charge is 0.361 e. The molecule has 2 heterocycles. The summed E-state index contributed by atoms with van der Waals surface area (Å²) >= 11 is 1.53. The Balaban J connectivity index is 1.83. The molecule has 0 spiro atoms. The first-order valence-corrected chi connectivity index (χ1v) is 7.07. The van der Waals surface area contributed by atoms with Crippen molar-refractivity contribution in [2.45, 2.75) is 43.8 Å². The molecule has 0 bridgehead atoms. The third-order valence-electron chi connectivity index (χ3n) is 2.31. The quantitative estimate of drug-likeness (QED) is 0.801. The summed E-state index contributed by atoms with van der Waals surface area (Å²) in [6.45, 7) is 7.96. The fraction of sp³-hybridized carbons (Fsp3) is 0.636. The number of hydrogen-bond acceptors (Lipinski definition) is 7. The first-order valence-electron chi connectivity index (χ1n) is 6.08. The molecule has 2 aromatic heterocycles. The molecule has 104 valence electrons. The van der Waals surface area contributed by atoms with E-state index in [1.54, 1.807) is 10.9 Å². The summed E-state index contributed by atoms with van der Waals surface area (Å²) in [5.74, 6) is 1.49. The number of aromatic nitrogens is 5. The van der Waals surface area contributed by atoms with Crippen LogP contribution in [-0.4, -0.2) is 37.4 Å². The Hall–Kier alpha value is -1.41. The monoisotopic (exact) mass is 282 g/mol. The van der Waals surface area contributed by atoms with Crippen molar-refractivity contribution in [3.8, 4) is 0 Å². The van der Waals surface area contributed by atoms with E-state index in [2.05, 4.69) is 46.8 Å². The molecule has 0 aliphatic rings.